The lowest BCUT2D eigenvalue weighted by Crippen LogP contribution is -2.00. The van der Waals surface area contributed by atoms with E-state index in [-0.39, 0.29) is 6.79 Å². The molecule has 5 rings (SSSR count). The zero-order valence-electron chi connectivity index (χ0n) is 23.3. The van der Waals surface area contributed by atoms with Crippen molar-refractivity contribution >= 4 is 0 Å². The van der Waals surface area contributed by atoms with Crippen LogP contribution in [0.4, 0.5) is 0 Å². The van der Waals surface area contributed by atoms with Gasteiger partial charge in [0, 0.05) is 6.07 Å². The molecule has 0 N–H and O–H groups in total. The smallest absolute Gasteiger partial charge is 0.231 e. The van der Waals surface area contributed by atoms with Crippen molar-refractivity contribution in [1.82, 2.24) is 0 Å². The van der Waals surface area contributed by atoms with Crippen LogP contribution in [-0.4, -0.2) is 35.2 Å². The monoisotopic (exact) mass is 542 g/mol. The molecule has 0 saturated heterocycles. The van der Waals surface area contributed by atoms with Crippen LogP contribution in [-0.2, 0) is 25.7 Å². The first kappa shape index (κ1) is 27.1. The summed E-state index contributed by atoms with van der Waals surface area (Å²) in [6, 6.07) is 24.0. The second kappa shape index (κ2) is 12.6. The topological polar surface area (TPSA) is 64.6 Å². The molecule has 0 spiro atoms. The van der Waals surface area contributed by atoms with Crippen molar-refractivity contribution in [3.63, 3.8) is 0 Å². The van der Waals surface area contributed by atoms with Gasteiger partial charge in [-0.25, -0.2) is 0 Å². The first-order chi connectivity index (χ1) is 19.6. The Morgan fingerprint density at radius 2 is 1.20 bits per heavy atom. The number of hydrogen-bond acceptors (Lipinski definition) is 7. The fourth-order valence-electron chi connectivity index (χ4n) is 4.77. The van der Waals surface area contributed by atoms with E-state index >= 15 is 0 Å². The van der Waals surface area contributed by atoms with Gasteiger partial charge in [-0.15, -0.1) is 0 Å². The normalized spacial score (nSPS) is 11.7. The maximum Gasteiger partial charge on any atom is 0.231 e. The van der Waals surface area contributed by atoms with E-state index in [1.54, 1.807) is 28.4 Å². The van der Waals surface area contributed by atoms with E-state index < -0.39 is 0 Å². The summed E-state index contributed by atoms with van der Waals surface area (Å²) < 4.78 is 39.7. The molecule has 0 unspecified atom stereocenters. The molecular formula is C33H34O7. The van der Waals surface area contributed by atoms with E-state index in [2.05, 4.69) is 18.2 Å². The summed E-state index contributed by atoms with van der Waals surface area (Å²) in [5.41, 5.74) is 4.52. The van der Waals surface area contributed by atoms with Crippen LogP contribution in [0.15, 0.2) is 72.8 Å². The van der Waals surface area contributed by atoms with Crippen molar-refractivity contribution in [3.8, 4) is 46.0 Å². The van der Waals surface area contributed by atoms with Gasteiger partial charge in [0.1, 0.15) is 11.5 Å². The Morgan fingerprint density at radius 3 is 1.98 bits per heavy atom. The zero-order valence-corrected chi connectivity index (χ0v) is 23.3. The molecule has 1 aliphatic heterocycles. The van der Waals surface area contributed by atoms with Crippen LogP contribution in [0.3, 0.4) is 0 Å². The molecular weight excluding hydrogens is 508 g/mol. The second-order valence-electron chi connectivity index (χ2n) is 9.44. The fourth-order valence-corrected chi connectivity index (χ4v) is 4.77. The molecule has 0 saturated carbocycles. The van der Waals surface area contributed by atoms with Gasteiger partial charge in [-0.2, -0.15) is 0 Å². The van der Waals surface area contributed by atoms with E-state index in [0.29, 0.717) is 23.0 Å². The van der Waals surface area contributed by atoms with Crippen molar-refractivity contribution in [2.45, 2.75) is 25.7 Å². The molecule has 1 heterocycles. The summed E-state index contributed by atoms with van der Waals surface area (Å²) in [5, 5.41) is 0. The van der Waals surface area contributed by atoms with Gasteiger partial charge in [-0.1, -0.05) is 24.3 Å². The molecule has 1 aliphatic rings. The minimum absolute atomic E-state index is 0.278. The molecule has 0 aromatic heterocycles. The van der Waals surface area contributed by atoms with Crippen LogP contribution in [0.1, 0.15) is 22.3 Å². The summed E-state index contributed by atoms with van der Waals surface area (Å²) >= 11 is 0. The molecule has 0 atom stereocenters. The minimum Gasteiger partial charge on any atom is -0.497 e. The average Bonchev–Trinajstić information content (AvgIpc) is 3.47. The first-order valence-electron chi connectivity index (χ1n) is 13.2. The molecule has 0 amide bonds. The van der Waals surface area contributed by atoms with Crippen LogP contribution < -0.4 is 33.2 Å². The molecule has 208 valence electrons. The molecule has 0 aliphatic carbocycles. The van der Waals surface area contributed by atoms with Gasteiger partial charge < -0.3 is 33.2 Å². The summed E-state index contributed by atoms with van der Waals surface area (Å²) in [4.78, 5) is 0. The Labute approximate surface area is 235 Å². The Kier molecular flexibility index (Phi) is 8.50. The van der Waals surface area contributed by atoms with Gasteiger partial charge in [0.2, 0.25) is 6.79 Å². The number of benzene rings is 4. The van der Waals surface area contributed by atoms with Crippen LogP contribution in [0.5, 0.6) is 46.0 Å². The Hall–Kier alpha value is -4.52. The number of methoxy groups -OCH3 is 4. The molecule has 4 aromatic rings. The summed E-state index contributed by atoms with van der Waals surface area (Å²) in [7, 11) is 6.60. The number of rotatable bonds is 12. The van der Waals surface area contributed by atoms with Crippen molar-refractivity contribution in [2.75, 3.05) is 35.2 Å². The van der Waals surface area contributed by atoms with Crippen LogP contribution >= 0.6 is 0 Å². The van der Waals surface area contributed by atoms with Gasteiger partial charge in [-0.05, 0) is 90.4 Å². The highest BCUT2D eigenvalue weighted by Gasteiger charge is 2.17. The highest BCUT2D eigenvalue weighted by atomic mass is 16.7. The van der Waals surface area contributed by atoms with Gasteiger partial charge >= 0.3 is 0 Å². The van der Waals surface area contributed by atoms with Crippen LogP contribution in [0.25, 0.3) is 0 Å². The van der Waals surface area contributed by atoms with Crippen molar-refractivity contribution < 1.29 is 33.2 Å². The zero-order chi connectivity index (χ0) is 27.9. The summed E-state index contributed by atoms with van der Waals surface area (Å²) in [6.45, 7) is 0.278. The Morgan fingerprint density at radius 1 is 0.525 bits per heavy atom. The maximum atomic E-state index is 6.36. The van der Waals surface area contributed by atoms with Gasteiger partial charge in [0.25, 0.3) is 0 Å². The van der Waals surface area contributed by atoms with E-state index in [1.807, 2.05) is 54.6 Å². The maximum absolute atomic E-state index is 6.36. The van der Waals surface area contributed by atoms with E-state index in [9.17, 15) is 0 Å². The standard InChI is InChI=1S/C33H34O7/c1-34-26-7-5-6-22(16-26)10-13-25-19-33(31(37-4)20-29(25)35-2)40-28-15-12-23(17-30(28)36-3)8-9-24-11-14-27-32(18-24)39-21-38-27/h5-7,11-12,14-20H,8-10,13,21H2,1-4H3. The van der Waals surface area contributed by atoms with Crippen LogP contribution in [0, 0.1) is 0 Å². The molecule has 0 radical (unpaired) electrons. The third-order valence-corrected chi connectivity index (χ3v) is 6.97. The lowest BCUT2D eigenvalue weighted by atomic mass is 10.0. The van der Waals surface area contributed by atoms with Gasteiger partial charge in [0.15, 0.2) is 34.5 Å². The van der Waals surface area contributed by atoms with Crippen molar-refractivity contribution in [3.05, 3.63) is 95.1 Å². The number of ether oxygens (including phenoxy) is 7. The van der Waals surface area contributed by atoms with Crippen molar-refractivity contribution in [2.24, 2.45) is 0 Å². The molecule has 0 bridgehead atoms. The number of fused-ring (bicyclic) bond motifs is 1. The summed E-state index contributed by atoms with van der Waals surface area (Å²) in [6.07, 6.45) is 3.28. The third kappa shape index (κ3) is 6.20. The predicted molar refractivity (Wildman–Crippen MR) is 153 cm³/mol. The first-order valence-corrected chi connectivity index (χ1v) is 13.2. The average molecular weight is 543 g/mol. The minimum atomic E-state index is 0.278. The second-order valence-corrected chi connectivity index (χ2v) is 9.44. The molecule has 0 fully saturated rings. The lowest BCUT2D eigenvalue weighted by Gasteiger charge is -2.17. The molecule has 7 nitrogen and oxygen atoms in total. The SMILES string of the molecule is COc1cccc(CCc2cc(Oc3ccc(CCc4ccc5c(c4)OCO5)cc3OC)c(OC)cc2OC)c1. The summed E-state index contributed by atoms with van der Waals surface area (Å²) in [5.74, 6) is 5.62. The Balaban J connectivity index is 1.32. The van der Waals surface area contributed by atoms with E-state index in [0.717, 1.165) is 59.8 Å². The fraction of sp³-hybridized carbons (Fsp3) is 0.273. The van der Waals surface area contributed by atoms with E-state index in [4.69, 9.17) is 33.2 Å². The van der Waals surface area contributed by atoms with Gasteiger partial charge in [-0.3, -0.25) is 0 Å². The third-order valence-electron chi connectivity index (χ3n) is 6.97. The molecule has 7 heteroatoms. The lowest BCUT2D eigenvalue weighted by molar-refractivity contribution is 0.174. The quantitative estimate of drug-likeness (QED) is 0.195. The molecule has 4 aromatic carbocycles. The van der Waals surface area contributed by atoms with Crippen LogP contribution in [0.2, 0.25) is 0 Å². The van der Waals surface area contributed by atoms with Gasteiger partial charge in [0.05, 0.1) is 28.4 Å². The van der Waals surface area contributed by atoms with E-state index in [1.165, 1.54) is 11.1 Å². The van der Waals surface area contributed by atoms with Crippen molar-refractivity contribution in [1.29, 1.82) is 0 Å². The molecule has 40 heavy (non-hydrogen) atoms. The number of aryl methyl sites for hydroxylation is 4. The Bertz CT molecular complexity index is 1460. The highest BCUT2D eigenvalue weighted by Crippen LogP contribution is 2.41. The number of hydrogen-bond donors (Lipinski definition) is 0. The predicted octanol–water partition coefficient (Wildman–Crippen LogP) is 6.81. The largest absolute Gasteiger partial charge is 0.497 e. The highest BCUT2D eigenvalue weighted by molar-refractivity contribution is 5.54.